The molecule has 0 fully saturated rings. The number of anilines is 2. The van der Waals surface area contributed by atoms with Crippen LogP contribution in [0.4, 0.5) is 20.2 Å². The van der Waals surface area contributed by atoms with Crippen LogP contribution in [0.2, 0.25) is 0 Å². The zero-order chi connectivity index (χ0) is 50.8. The number of phenolic OH excluding ortho intramolecular Hbond substituents is 1. The maximum absolute atomic E-state index is 14.0. The van der Waals surface area contributed by atoms with Crippen molar-refractivity contribution in [2.45, 2.75) is 79.7 Å². The minimum Gasteiger partial charge on any atom is -0.508 e. The summed E-state index contributed by atoms with van der Waals surface area (Å²) in [6, 6.07) is 30.7. The van der Waals surface area contributed by atoms with E-state index in [1.807, 2.05) is 44.2 Å². The van der Waals surface area contributed by atoms with Crippen LogP contribution in [0, 0.1) is 25.5 Å². The van der Waals surface area contributed by atoms with Crippen molar-refractivity contribution in [3.63, 3.8) is 0 Å². The van der Waals surface area contributed by atoms with Gasteiger partial charge in [-0.05, 0) is 149 Å². The van der Waals surface area contributed by atoms with Gasteiger partial charge in [-0.25, -0.2) is 13.6 Å². The van der Waals surface area contributed by atoms with Crippen LogP contribution in [0.1, 0.15) is 85.5 Å². The molecule has 1 aromatic heterocycles. The fourth-order valence-corrected chi connectivity index (χ4v) is 9.37. The number of fused-ring (bicyclic) bond motifs is 2. The van der Waals surface area contributed by atoms with Gasteiger partial charge in [-0.15, -0.1) is 12.4 Å². The second kappa shape index (κ2) is 21.3. The molecule has 72 heavy (non-hydrogen) atoms. The normalized spacial score (nSPS) is 13.7. The number of carbonyl (C=O) groups excluding carboxylic acids is 1. The molecule has 0 atom stereocenters. The van der Waals surface area contributed by atoms with Gasteiger partial charge in [0.2, 0.25) is 5.76 Å². The monoisotopic (exact) mass is 996 g/mol. The van der Waals surface area contributed by atoms with Crippen molar-refractivity contribution in [3.05, 3.63) is 178 Å². The molecule has 2 aliphatic heterocycles. The van der Waals surface area contributed by atoms with Crippen LogP contribution in [0.25, 0.3) is 33.4 Å². The first-order valence-electron chi connectivity index (χ1n) is 23.2. The summed E-state index contributed by atoms with van der Waals surface area (Å²) >= 11 is 0. The van der Waals surface area contributed by atoms with E-state index in [2.05, 4.69) is 70.4 Å². The Morgan fingerprint density at radius 1 is 0.597 bits per heavy atom. The van der Waals surface area contributed by atoms with Gasteiger partial charge >= 0.3 is 5.97 Å². The third-order valence-corrected chi connectivity index (χ3v) is 12.4. The maximum atomic E-state index is 14.0. The molecule has 6 aromatic carbocycles. The van der Waals surface area contributed by atoms with E-state index in [9.17, 15) is 18.7 Å². The Hall–Kier alpha value is -7.70. The van der Waals surface area contributed by atoms with E-state index >= 15 is 0 Å². The fourth-order valence-electron chi connectivity index (χ4n) is 9.37. The summed E-state index contributed by atoms with van der Waals surface area (Å²) in [4.78, 5) is 12.4. The van der Waals surface area contributed by atoms with Crippen LogP contribution in [0.5, 0.6) is 34.5 Å². The lowest BCUT2D eigenvalue weighted by Gasteiger charge is -2.33. The number of benzene rings is 6. The number of hydrogen-bond acceptors (Lipinski definition) is 10. The van der Waals surface area contributed by atoms with Gasteiger partial charge in [0.05, 0.1) is 31.6 Å². The summed E-state index contributed by atoms with van der Waals surface area (Å²) in [5, 5.41) is 17.1. The average Bonchev–Trinajstić information content (AvgIpc) is 3.87. The predicted molar refractivity (Wildman–Crippen MR) is 283 cm³/mol. The SMILES string of the molecule is COc1cc(O)ccc1-c1ccc2c(c1COc1cc(F)ccc1C)C(C)=CC(C)(C)N2.COc1cc(OC(=O)c2ccco2)ccc1-c1ccc2c(c1COc1cc(F)ccc1C)C(C)=CC(C)(C)N2.Cl. The van der Waals surface area contributed by atoms with Crippen LogP contribution >= 0.6 is 12.4 Å². The Balaban J connectivity index is 0.000000212. The highest BCUT2D eigenvalue weighted by Crippen LogP contribution is 2.46. The topological polar surface area (TPSA) is 121 Å². The molecule has 0 amide bonds. The van der Waals surface area contributed by atoms with Gasteiger partial charge in [0.1, 0.15) is 59.3 Å². The van der Waals surface area contributed by atoms with Gasteiger partial charge in [0.15, 0.2) is 0 Å². The van der Waals surface area contributed by atoms with Crippen LogP contribution in [-0.4, -0.2) is 36.4 Å². The third-order valence-electron chi connectivity index (χ3n) is 12.4. The molecule has 2 aliphatic rings. The maximum Gasteiger partial charge on any atom is 0.379 e. The number of halogens is 3. The molecule has 10 nitrogen and oxygen atoms in total. The highest BCUT2D eigenvalue weighted by molar-refractivity contribution is 5.91. The number of aryl methyl sites for hydroxylation is 2. The zero-order valence-corrected chi connectivity index (χ0v) is 42.8. The molecule has 3 heterocycles. The van der Waals surface area contributed by atoms with Gasteiger partial charge in [-0.2, -0.15) is 0 Å². The molecule has 0 aliphatic carbocycles. The summed E-state index contributed by atoms with van der Waals surface area (Å²) in [6.45, 7) is 16.9. The standard InChI is InChI=1S/C32H30FNO5.C27H28FNO3.ClH/c1-19-8-9-21(33)15-28(19)38-18-25-23(12-13-26-30(25)20(2)17-32(3,4)34-26)24-11-10-22(16-29(24)36-5)39-31(35)27-7-6-14-37-27;1-16-6-7-18(28)12-24(16)32-15-22-20(21-9-8-19(30)13-25(21)31-5)10-11-23-26(22)17(2)14-27(3,4)29-23;/h6-17,34H,18H2,1-5H3;6-14,29-30H,15H2,1-5H3;1H. The quantitative estimate of drug-likeness (QED) is 0.0806. The average molecular weight is 998 g/mol. The number of aromatic hydroxyl groups is 1. The molecule has 9 rings (SSSR count). The van der Waals surface area contributed by atoms with E-state index in [1.165, 1.54) is 30.5 Å². The van der Waals surface area contributed by atoms with E-state index in [0.29, 0.717) is 28.7 Å². The molecule has 13 heteroatoms. The van der Waals surface area contributed by atoms with E-state index in [1.54, 1.807) is 62.8 Å². The van der Waals surface area contributed by atoms with Gasteiger partial charge in [-0.3, -0.25) is 0 Å². The number of esters is 1. The van der Waals surface area contributed by atoms with Crippen LogP contribution < -0.4 is 34.3 Å². The molecule has 7 aromatic rings. The lowest BCUT2D eigenvalue weighted by molar-refractivity contribution is 0.0701. The van der Waals surface area contributed by atoms with Gasteiger partial charge in [0, 0.05) is 69.0 Å². The van der Waals surface area contributed by atoms with E-state index in [0.717, 1.165) is 78.2 Å². The lowest BCUT2D eigenvalue weighted by Crippen LogP contribution is -2.32. The molecule has 374 valence electrons. The minimum absolute atomic E-state index is 0. The molecular formula is C59H59ClF2N2O8. The summed E-state index contributed by atoms with van der Waals surface area (Å²) in [5.74, 6) is 1.36. The summed E-state index contributed by atoms with van der Waals surface area (Å²) in [5.41, 5.74) is 13.0. The van der Waals surface area contributed by atoms with Crippen molar-refractivity contribution in [2.75, 3.05) is 24.9 Å². The first kappa shape index (κ1) is 52.1. The Labute approximate surface area is 425 Å². The van der Waals surface area contributed by atoms with E-state index in [-0.39, 0.29) is 59.8 Å². The third kappa shape index (κ3) is 11.4. The Bertz CT molecular complexity index is 3220. The molecular weight excluding hydrogens is 938 g/mol. The number of hydrogen-bond donors (Lipinski definition) is 3. The number of phenols is 1. The lowest BCUT2D eigenvalue weighted by atomic mass is 9.85. The Morgan fingerprint density at radius 3 is 1.54 bits per heavy atom. The highest BCUT2D eigenvalue weighted by Gasteiger charge is 2.29. The first-order chi connectivity index (χ1) is 33.8. The second-order valence-electron chi connectivity index (χ2n) is 18.9. The van der Waals surface area contributed by atoms with Gasteiger partial charge < -0.3 is 43.8 Å². The molecule has 0 spiro atoms. The summed E-state index contributed by atoms with van der Waals surface area (Å²) in [7, 11) is 3.15. The number of nitrogens with one attached hydrogen (secondary N) is 2. The number of methoxy groups -OCH3 is 2. The van der Waals surface area contributed by atoms with Crippen molar-refractivity contribution >= 4 is 40.9 Å². The largest absolute Gasteiger partial charge is 0.508 e. The molecule has 0 saturated heterocycles. The van der Waals surface area contributed by atoms with Crippen molar-refractivity contribution in [2.24, 2.45) is 0 Å². The molecule has 3 N–H and O–H groups in total. The van der Waals surface area contributed by atoms with E-state index < -0.39 is 5.97 Å². The number of ether oxygens (including phenoxy) is 5. The van der Waals surface area contributed by atoms with E-state index in [4.69, 9.17) is 28.1 Å². The van der Waals surface area contributed by atoms with Crippen LogP contribution in [-0.2, 0) is 13.2 Å². The van der Waals surface area contributed by atoms with Gasteiger partial charge in [0.25, 0.3) is 0 Å². The molecule has 0 bridgehead atoms. The number of rotatable bonds is 12. The first-order valence-corrected chi connectivity index (χ1v) is 23.2. The van der Waals surface area contributed by atoms with Crippen LogP contribution in [0.3, 0.4) is 0 Å². The van der Waals surface area contributed by atoms with Gasteiger partial charge in [-0.1, -0.05) is 36.4 Å². The number of allylic oxidation sites excluding steroid dienone is 2. The van der Waals surface area contributed by atoms with Crippen molar-refractivity contribution in [1.29, 1.82) is 0 Å². The zero-order valence-electron chi connectivity index (χ0n) is 42.0. The number of carbonyl (C=O) groups is 1. The Kier molecular flexibility index (Phi) is 15.5. The fraction of sp³-hybridized carbons (Fsp3) is 0.237. The van der Waals surface area contributed by atoms with Crippen molar-refractivity contribution in [3.8, 4) is 56.8 Å². The van der Waals surface area contributed by atoms with Crippen molar-refractivity contribution in [1.82, 2.24) is 0 Å². The highest BCUT2D eigenvalue weighted by atomic mass is 35.5. The van der Waals surface area contributed by atoms with Crippen LogP contribution in [0.15, 0.2) is 132 Å². The molecule has 0 radical (unpaired) electrons. The second-order valence-corrected chi connectivity index (χ2v) is 18.9. The van der Waals surface area contributed by atoms with Crippen molar-refractivity contribution < 1.29 is 46.8 Å². The number of furan rings is 1. The minimum atomic E-state index is -0.599. The molecule has 0 saturated carbocycles. The summed E-state index contributed by atoms with van der Waals surface area (Å²) in [6.07, 6.45) is 5.80. The predicted octanol–water partition coefficient (Wildman–Crippen LogP) is 14.9. The summed E-state index contributed by atoms with van der Waals surface area (Å²) < 4.78 is 62.1. The molecule has 0 unspecified atom stereocenters. The smallest absolute Gasteiger partial charge is 0.379 e. The Morgan fingerprint density at radius 2 is 1.07 bits per heavy atom.